The highest BCUT2D eigenvalue weighted by molar-refractivity contribution is 6.34. The van der Waals surface area contributed by atoms with E-state index in [1.54, 1.807) is 18.2 Å². The van der Waals surface area contributed by atoms with Crippen molar-refractivity contribution in [3.8, 4) is 5.75 Å². The van der Waals surface area contributed by atoms with Crippen LogP contribution in [-0.2, 0) is 4.79 Å². The van der Waals surface area contributed by atoms with Crippen LogP contribution in [-0.4, -0.2) is 24.1 Å². The van der Waals surface area contributed by atoms with Crippen molar-refractivity contribution < 1.29 is 14.7 Å². The molecule has 0 aromatic heterocycles. The molecule has 1 fully saturated rings. The molecule has 0 saturated heterocycles. The van der Waals surface area contributed by atoms with Crippen LogP contribution in [0.1, 0.15) is 19.3 Å². The Bertz CT molecular complexity index is 556. The van der Waals surface area contributed by atoms with Gasteiger partial charge in [0, 0.05) is 6.07 Å². The highest BCUT2D eigenvalue weighted by Crippen LogP contribution is 2.42. The number of nitrogens with zero attached hydrogens (tertiary/aromatic N) is 1. The molecule has 1 aliphatic carbocycles. The largest absolute Gasteiger partial charge is 0.497 e. The number of oxime groups is 1. The van der Waals surface area contributed by atoms with E-state index < -0.39 is 5.41 Å². The molecule has 6 nitrogen and oxygen atoms in total. The van der Waals surface area contributed by atoms with Gasteiger partial charge in [-0.25, -0.2) is 0 Å². The fraction of sp³-hybridized carbons (Fsp3) is 0.385. The van der Waals surface area contributed by atoms with Crippen molar-refractivity contribution in [3.05, 3.63) is 23.2 Å². The van der Waals surface area contributed by atoms with Crippen molar-refractivity contribution in [3.63, 3.8) is 0 Å². The molecule has 1 amide bonds. The molecule has 1 aromatic carbocycles. The molecule has 4 N–H and O–H groups in total. The Morgan fingerprint density at radius 2 is 2.25 bits per heavy atom. The number of nitrogens with one attached hydrogen (secondary N) is 1. The van der Waals surface area contributed by atoms with Gasteiger partial charge >= 0.3 is 0 Å². The molecule has 1 aromatic rings. The molecular weight excluding hydrogens is 282 g/mol. The van der Waals surface area contributed by atoms with E-state index in [1.165, 1.54) is 7.11 Å². The second kappa shape index (κ2) is 5.58. The molecule has 7 heteroatoms. The number of anilines is 1. The van der Waals surface area contributed by atoms with Crippen LogP contribution >= 0.6 is 11.6 Å². The number of ether oxygens (including phenoxy) is 1. The Morgan fingerprint density at radius 3 is 2.75 bits per heavy atom. The number of nitrogens with two attached hydrogens (primary N) is 1. The summed E-state index contributed by atoms with van der Waals surface area (Å²) in [6.45, 7) is 0. The Kier molecular flexibility index (Phi) is 4.04. The second-order valence-electron chi connectivity index (χ2n) is 4.72. The summed E-state index contributed by atoms with van der Waals surface area (Å²) < 4.78 is 5.09. The summed E-state index contributed by atoms with van der Waals surface area (Å²) in [7, 11) is 1.53. The van der Waals surface area contributed by atoms with Crippen LogP contribution in [0.4, 0.5) is 5.69 Å². The topological polar surface area (TPSA) is 96.9 Å². The van der Waals surface area contributed by atoms with Crippen molar-refractivity contribution in [2.45, 2.75) is 19.3 Å². The van der Waals surface area contributed by atoms with Crippen LogP contribution in [0.3, 0.4) is 0 Å². The van der Waals surface area contributed by atoms with E-state index in [0.29, 0.717) is 29.3 Å². The first-order valence-corrected chi connectivity index (χ1v) is 6.54. The number of carbonyl (C=O) groups is 1. The number of halogens is 1. The van der Waals surface area contributed by atoms with E-state index in [9.17, 15) is 4.79 Å². The molecule has 0 atom stereocenters. The fourth-order valence-electron chi connectivity index (χ4n) is 2.19. The van der Waals surface area contributed by atoms with Gasteiger partial charge in [-0.15, -0.1) is 0 Å². The average molecular weight is 298 g/mol. The van der Waals surface area contributed by atoms with Crippen molar-refractivity contribution >= 4 is 29.0 Å². The van der Waals surface area contributed by atoms with Crippen molar-refractivity contribution in [1.82, 2.24) is 0 Å². The summed E-state index contributed by atoms with van der Waals surface area (Å²) in [4.78, 5) is 12.4. The Hall–Kier alpha value is -1.95. The van der Waals surface area contributed by atoms with Gasteiger partial charge in [-0.3, -0.25) is 4.79 Å². The maximum atomic E-state index is 12.4. The first-order chi connectivity index (χ1) is 9.53. The minimum Gasteiger partial charge on any atom is -0.497 e. The summed E-state index contributed by atoms with van der Waals surface area (Å²) in [6, 6.07) is 4.95. The van der Waals surface area contributed by atoms with Gasteiger partial charge in [-0.1, -0.05) is 23.2 Å². The predicted octanol–water partition coefficient (Wildman–Crippen LogP) is 2.20. The number of hydrogen-bond donors (Lipinski definition) is 3. The molecule has 0 unspecified atom stereocenters. The minimum atomic E-state index is -0.943. The summed E-state index contributed by atoms with van der Waals surface area (Å²) >= 11 is 6.04. The van der Waals surface area contributed by atoms with Crippen molar-refractivity contribution in [1.29, 1.82) is 0 Å². The number of methoxy groups -OCH3 is 1. The zero-order chi connectivity index (χ0) is 14.8. The first kappa shape index (κ1) is 14.5. The highest BCUT2D eigenvalue weighted by Gasteiger charge is 2.48. The zero-order valence-corrected chi connectivity index (χ0v) is 11.8. The van der Waals surface area contributed by atoms with E-state index >= 15 is 0 Å². The summed E-state index contributed by atoms with van der Waals surface area (Å²) in [5.41, 5.74) is 5.14. The zero-order valence-electron chi connectivity index (χ0n) is 11.0. The summed E-state index contributed by atoms with van der Waals surface area (Å²) in [5, 5.41) is 14.9. The van der Waals surface area contributed by atoms with E-state index in [1.807, 2.05) is 0 Å². The van der Waals surface area contributed by atoms with E-state index in [4.69, 9.17) is 27.3 Å². The minimum absolute atomic E-state index is 0.0692. The normalized spacial score (nSPS) is 17.2. The molecule has 0 aliphatic heterocycles. The van der Waals surface area contributed by atoms with E-state index in [2.05, 4.69) is 10.5 Å². The average Bonchev–Trinajstić information content (AvgIpc) is 2.39. The Balaban J connectivity index is 2.23. The smallest absolute Gasteiger partial charge is 0.238 e. The highest BCUT2D eigenvalue weighted by atomic mass is 35.5. The number of amides is 1. The van der Waals surface area contributed by atoms with Gasteiger partial charge in [0.1, 0.15) is 11.2 Å². The predicted molar refractivity (Wildman–Crippen MR) is 76.3 cm³/mol. The molecule has 1 saturated carbocycles. The van der Waals surface area contributed by atoms with Crippen LogP contribution in [0.5, 0.6) is 5.75 Å². The number of benzene rings is 1. The Labute approximate surface area is 121 Å². The molecule has 1 aliphatic rings. The summed E-state index contributed by atoms with van der Waals surface area (Å²) in [6.07, 6.45) is 1.96. The maximum absolute atomic E-state index is 12.4. The van der Waals surface area contributed by atoms with Crippen LogP contribution < -0.4 is 15.8 Å². The van der Waals surface area contributed by atoms with Crippen molar-refractivity contribution in [2.24, 2.45) is 16.3 Å². The number of hydrogen-bond acceptors (Lipinski definition) is 4. The van der Waals surface area contributed by atoms with Gasteiger partial charge < -0.3 is 21.0 Å². The quantitative estimate of drug-likeness (QED) is 0.343. The molecule has 2 rings (SSSR count). The monoisotopic (exact) mass is 297 g/mol. The van der Waals surface area contributed by atoms with Gasteiger partial charge in [0.15, 0.2) is 5.84 Å². The fourth-order valence-corrected chi connectivity index (χ4v) is 2.36. The third-order valence-corrected chi connectivity index (χ3v) is 3.99. The molecule has 108 valence electrons. The van der Waals surface area contributed by atoms with Crippen LogP contribution in [0.2, 0.25) is 5.02 Å². The SMILES string of the molecule is COc1ccc(Cl)c(NC(=O)C2(/C(N)=N/O)CCC2)c1. The lowest BCUT2D eigenvalue weighted by atomic mass is 9.67. The van der Waals surface area contributed by atoms with Crippen molar-refractivity contribution in [2.75, 3.05) is 12.4 Å². The molecule has 0 spiro atoms. The van der Waals surface area contributed by atoms with Gasteiger partial charge in [0.05, 0.1) is 17.8 Å². The number of carbonyl (C=O) groups excluding carboxylic acids is 1. The standard InChI is InChI=1S/C13H16ClN3O3/c1-20-8-3-4-9(14)10(7-8)16-12(18)13(5-2-6-13)11(15)17-19/h3-4,7,19H,2,5-6H2,1H3,(H2,15,17)(H,16,18). The van der Waals surface area contributed by atoms with Crippen LogP contribution in [0, 0.1) is 5.41 Å². The number of rotatable bonds is 4. The summed E-state index contributed by atoms with van der Waals surface area (Å²) in [5.74, 6) is 0.186. The lowest BCUT2D eigenvalue weighted by Crippen LogP contribution is -2.51. The van der Waals surface area contributed by atoms with Gasteiger partial charge in [0.25, 0.3) is 0 Å². The van der Waals surface area contributed by atoms with E-state index in [-0.39, 0.29) is 11.7 Å². The second-order valence-corrected chi connectivity index (χ2v) is 5.13. The molecule has 0 heterocycles. The van der Waals surface area contributed by atoms with E-state index in [0.717, 1.165) is 6.42 Å². The van der Waals surface area contributed by atoms with Gasteiger partial charge in [-0.05, 0) is 25.0 Å². The molecular formula is C13H16ClN3O3. The van der Waals surface area contributed by atoms with Gasteiger partial charge in [0.2, 0.25) is 5.91 Å². The third-order valence-electron chi connectivity index (χ3n) is 3.66. The lowest BCUT2D eigenvalue weighted by molar-refractivity contribution is -0.125. The molecule has 0 radical (unpaired) electrons. The third kappa shape index (κ3) is 2.38. The van der Waals surface area contributed by atoms with Crippen LogP contribution in [0.25, 0.3) is 0 Å². The molecule has 20 heavy (non-hydrogen) atoms. The molecule has 0 bridgehead atoms. The van der Waals surface area contributed by atoms with Crippen LogP contribution in [0.15, 0.2) is 23.4 Å². The first-order valence-electron chi connectivity index (χ1n) is 6.16. The maximum Gasteiger partial charge on any atom is 0.238 e. The number of amidine groups is 1. The Morgan fingerprint density at radius 1 is 1.55 bits per heavy atom. The lowest BCUT2D eigenvalue weighted by Gasteiger charge is -2.38. The van der Waals surface area contributed by atoms with Gasteiger partial charge in [-0.2, -0.15) is 0 Å².